The quantitative estimate of drug-likeness (QED) is 0.650. The topological polar surface area (TPSA) is 48.3 Å². The maximum absolute atomic E-state index is 8.39. The zero-order chi connectivity index (χ0) is 12.3. The molecule has 4 nitrogen and oxygen atoms in total. The molecular weight excluding hydrogens is 214 g/mol. The molecule has 1 rings (SSSR count). The van der Waals surface area contributed by atoms with Gasteiger partial charge in [-0.25, -0.2) is 0 Å². The maximum Gasteiger partial charge on any atom is 0.0672 e. The van der Waals surface area contributed by atoms with E-state index < -0.39 is 0 Å². The van der Waals surface area contributed by atoms with E-state index in [1.165, 1.54) is 32.4 Å². The third-order valence-corrected chi connectivity index (χ3v) is 3.10. The molecule has 0 aromatic rings. The van der Waals surface area contributed by atoms with Gasteiger partial charge in [-0.15, -0.1) is 0 Å². The van der Waals surface area contributed by atoms with E-state index >= 15 is 0 Å². The summed E-state index contributed by atoms with van der Waals surface area (Å²) in [4.78, 5) is 2.49. The fraction of sp³-hybridized carbons (Fsp3) is 0.923. The first-order valence-electron chi connectivity index (χ1n) is 6.74. The molecule has 0 aromatic carbocycles. The maximum atomic E-state index is 8.39. The number of piperidine rings is 1. The first-order chi connectivity index (χ1) is 8.33. The fourth-order valence-electron chi connectivity index (χ4n) is 2.07. The molecule has 0 amide bonds. The first kappa shape index (κ1) is 14.4. The number of nitrogens with one attached hydrogen (secondary N) is 1. The van der Waals surface area contributed by atoms with Crippen LogP contribution < -0.4 is 5.32 Å². The second-order valence-corrected chi connectivity index (χ2v) is 4.70. The molecule has 1 unspecified atom stereocenters. The van der Waals surface area contributed by atoms with Crippen molar-refractivity contribution in [3.05, 3.63) is 0 Å². The monoisotopic (exact) mass is 239 g/mol. The minimum Gasteiger partial charge on any atom is -0.376 e. The summed E-state index contributed by atoms with van der Waals surface area (Å²) >= 11 is 0. The highest BCUT2D eigenvalue weighted by Gasteiger charge is 2.10. The molecule has 0 radical (unpaired) electrons. The third kappa shape index (κ3) is 7.32. The Hall–Kier alpha value is -0.630. The summed E-state index contributed by atoms with van der Waals surface area (Å²) in [6.45, 7) is 8.02. The van der Waals surface area contributed by atoms with Crippen LogP contribution in [-0.2, 0) is 4.74 Å². The molecule has 0 saturated carbocycles. The average Bonchev–Trinajstić information content (AvgIpc) is 2.36. The average molecular weight is 239 g/mol. The molecule has 0 spiro atoms. The smallest absolute Gasteiger partial charge is 0.0672 e. The lowest BCUT2D eigenvalue weighted by Gasteiger charge is -2.26. The Bertz CT molecular complexity index is 221. The van der Waals surface area contributed by atoms with Gasteiger partial charge in [0.25, 0.3) is 0 Å². The van der Waals surface area contributed by atoms with E-state index in [1.54, 1.807) is 0 Å². The molecule has 1 fully saturated rings. The molecule has 4 heteroatoms. The largest absolute Gasteiger partial charge is 0.376 e. The van der Waals surface area contributed by atoms with E-state index in [1.807, 2.05) is 0 Å². The van der Waals surface area contributed by atoms with E-state index in [2.05, 4.69) is 23.2 Å². The van der Waals surface area contributed by atoms with Gasteiger partial charge in [-0.2, -0.15) is 5.26 Å². The molecule has 1 heterocycles. The summed E-state index contributed by atoms with van der Waals surface area (Å²) in [5.41, 5.74) is 0. The molecule has 98 valence electrons. The number of ether oxygens (including phenoxy) is 1. The van der Waals surface area contributed by atoms with E-state index in [-0.39, 0.29) is 6.10 Å². The Balaban J connectivity index is 1.92. The predicted molar refractivity (Wildman–Crippen MR) is 68.8 cm³/mol. The van der Waals surface area contributed by atoms with Crippen molar-refractivity contribution in [2.75, 3.05) is 39.3 Å². The second kappa shape index (κ2) is 9.41. The van der Waals surface area contributed by atoms with Gasteiger partial charge in [0.2, 0.25) is 0 Å². The Kier molecular flexibility index (Phi) is 7.98. The normalized spacial score (nSPS) is 18.8. The summed E-state index contributed by atoms with van der Waals surface area (Å²) in [7, 11) is 0. The molecule has 0 aromatic heterocycles. The van der Waals surface area contributed by atoms with Crippen LogP contribution in [0.3, 0.4) is 0 Å². The second-order valence-electron chi connectivity index (χ2n) is 4.70. The van der Waals surface area contributed by atoms with Gasteiger partial charge in [0, 0.05) is 26.1 Å². The Labute approximate surface area is 105 Å². The highest BCUT2D eigenvalue weighted by atomic mass is 16.5. The van der Waals surface area contributed by atoms with Crippen molar-refractivity contribution in [3.8, 4) is 6.07 Å². The lowest BCUT2D eigenvalue weighted by atomic mass is 10.1. The first-order valence-corrected chi connectivity index (χ1v) is 6.74. The van der Waals surface area contributed by atoms with Crippen LogP contribution in [0, 0.1) is 11.3 Å². The van der Waals surface area contributed by atoms with Crippen molar-refractivity contribution >= 4 is 0 Å². The Morgan fingerprint density at radius 2 is 2.12 bits per heavy atom. The summed E-state index contributed by atoms with van der Waals surface area (Å²) in [6.07, 6.45) is 4.87. The van der Waals surface area contributed by atoms with Crippen molar-refractivity contribution in [3.63, 3.8) is 0 Å². The van der Waals surface area contributed by atoms with Crippen LogP contribution in [0.15, 0.2) is 0 Å². The van der Waals surface area contributed by atoms with Crippen LogP contribution in [0.1, 0.15) is 32.6 Å². The number of nitrogens with zero attached hydrogens (tertiary/aromatic N) is 2. The molecule has 1 aliphatic rings. The van der Waals surface area contributed by atoms with Gasteiger partial charge >= 0.3 is 0 Å². The minimum atomic E-state index is 0.235. The molecule has 1 atom stereocenters. The van der Waals surface area contributed by atoms with Gasteiger partial charge in [0.15, 0.2) is 0 Å². The SMILES string of the molecule is CC(CNCCC#N)OCCN1CCCCC1. The summed E-state index contributed by atoms with van der Waals surface area (Å²) in [5, 5.41) is 11.6. The Morgan fingerprint density at radius 3 is 2.82 bits per heavy atom. The van der Waals surface area contributed by atoms with Crippen molar-refractivity contribution < 1.29 is 4.74 Å². The van der Waals surface area contributed by atoms with E-state index in [0.29, 0.717) is 6.42 Å². The number of hydrogen-bond acceptors (Lipinski definition) is 4. The van der Waals surface area contributed by atoms with E-state index in [9.17, 15) is 0 Å². The number of hydrogen-bond donors (Lipinski definition) is 1. The van der Waals surface area contributed by atoms with Crippen molar-refractivity contribution in [2.45, 2.75) is 38.7 Å². The van der Waals surface area contributed by atoms with Gasteiger partial charge < -0.3 is 15.0 Å². The van der Waals surface area contributed by atoms with Crippen molar-refractivity contribution in [1.82, 2.24) is 10.2 Å². The highest BCUT2D eigenvalue weighted by molar-refractivity contribution is 4.70. The standard InChI is InChI=1S/C13H25N3O/c1-13(12-15-7-5-6-14)17-11-10-16-8-3-2-4-9-16/h13,15H,2-5,7-12H2,1H3. The minimum absolute atomic E-state index is 0.235. The van der Waals surface area contributed by atoms with Crippen molar-refractivity contribution in [2.24, 2.45) is 0 Å². The highest BCUT2D eigenvalue weighted by Crippen LogP contribution is 2.07. The van der Waals surface area contributed by atoms with Gasteiger partial charge in [-0.05, 0) is 32.9 Å². The van der Waals surface area contributed by atoms with Crippen molar-refractivity contribution in [1.29, 1.82) is 5.26 Å². The van der Waals surface area contributed by atoms with Crippen LogP contribution in [0.4, 0.5) is 0 Å². The lowest BCUT2D eigenvalue weighted by molar-refractivity contribution is 0.0452. The number of nitriles is 1. The molecule has 1 aliphatic heterocycles. The molecule has 0 bridgehead atoms. The molecule has 1 saturated heterocycles. The van der Waals surface area contributed by atoms with Crippen LogP contribution in [0.25, 0.3) is 0 Å². The van der Waals surface area contributed by atoms with Crippen LogP contribution >= 0.6 is 0 Å². The molecule has 17 heavy (non-hydrogen) atoms. The predicted octanol–water partition coefficient (Wildman–Crippen LogP) is 1.38. The summed E-state index contributed by atoms with van der Waals surface area (Å²) in [6, 6.07) is 2.12. The van der Waals surface area contributed by atoms with Crippen LogP contribution in [-0.4, -0.2) is 50.3 Å². The fourth-order valence-corrected chi connectivity index (χ4v) is 2.07. The molecule has 1 N–H and O–H groups in total. The van der Waals surface area contributed by atoms with Gasteiger partial charge in [-0.3, -0.25) is 0 Å². The Morgan fingerprint density at radius 1 is 1.35 bits per heavy atom. The van der Waals surface area contributed by atoms with Gasteiger partial charge in [-0.1, -0.05) is 6.42 Å². The summed E-state index contributed by atoms with van der Waals surface area (Å²) < 4.78 is 5.74. The van der Waals surface area contributed by atoms with Crippen LogP contribution in [0.5, 0.6) is 0 Å². The zero-order valence-corrected chi connectivity index (χ0v) is 11.0. The number of likely N-dealkylation sites (tertiary alicyclic amines) is 1. The van der Waals surface area contributed by atoms with E-state index in [4.69, 9.17) is 10.00 Å². The van der Waals surface area contributed by atoms with Gasteiger partial charge in [0.05, 0.1) is 18.8 Å². The number of rotatable bonds is 8. The summed E-state index contributed by atoms with van der Waals surface area (Å²) in [5.74, 6) is 0. The zero-order valence-electron chi connectivity index (χ0n) is 11.0. The molecule has 0 aliphatic carbocycles. The van der Waals surface area contributed by atoms with Crippen LogP contribution in [0.2, 0.25) is 0 Å². The van der Waals surface area contributed by atoms with Gasteiger partial charge in [0.1, 0.15) is 0 Å². The third-order valence-electron chi connectivity index (χ3n) is 3.10. The lowest BCUT2D eigenvalue weighted by Crippen LogP contribution is -2.34. The van der Waals surface area contributed by atoms with E-state index in [0.717, 1.165) is 26.2 Å². The molecular formula is C13H25N3O.